The average Bonchev–Trinajstić information content (AvgIpc) is 3.07. The number of ketones is 1. The third kappa shape index (κ3) is 5.29. The number of imidazole rings is 1. The van der Waals surface area contributed by atoms with Crippen LogP contribution in [0.2, 0.25) is 0 Å². The molecule has 2 N–H and O–H groups in total. The van der Waals surface area contributed by atoms with Crippen LogP contribution >= 0.6 is 0 Å². The van der Waals surface area contributed by atoms with Crippen LogP contribution in [-0.4, -0.2) is 44.0 Å². The molecule has 0 aliphatic heterocycles. The van der Waals surface area contributed by atoms with Crippen LogP contribution in [0.25, 0.3) is 0 Å². The number of Topliss-reactive ketones (excluding diaryl/α,β-unsaturated/α-hetero) is 1. The SMILES string of the molecule is CCC(=O)C(CCc1ccccc1)NC(C)C(=O)n1c(C(=O)O)cn(CC)c1=O. The van der Waals surface area contributed by atoms with Gasteiger partial charge in [-0.2, -0.15) is 0 Å². The Bertz CT molecular complexity index is 930. The number of carboxylic acid groups (broad SMARTS) is 1. The molecule has 2 atom stereocenters. The van der Waals surface area contributed by atoms with Crippen molar-refractivity contribution in [1.82, 2.24) is 14.5 Å². The van der Waals surface area contributed by atoms with E-state index in [0.717, 1.165) is 16.3 Å². The summed E-state index contributed by atoms with van der Waals surface area (Å²) in [6, 6.07) is 8.21. The zero-order valence-corrected chi connectivity index (χ0v) is 16.9. The van der Waals surface area contributed by atoms with E-state index in [1.165, 1.54) is 6.92 Å². The normalized spacial score (nSPS) is 13.1. The maximum Gasteiger partial charge on any atom is 0.354 e. The zero-order chi connectivity index (χ0) is 21.6. The smallest absolute Gasteiger partial charge is 0.354 e. The van der Waals surface area contributed by atoms with Crippen LogP contribution in [0, 0.1) is 0 Å². The Labute approximate surface area is 169 Å². The van der Waals surface area contributed by atoms with Crippen molar-refractivity contribution >= 4 is 17.7 Å². The summed E-state index contributed by atoms with van der Waals surface area (Å²) in [5, 5.41) is 12.3. The second kappa shape index (κ2) is 9.97. The minimum absolute atomic E-state index is 0.0440. The number of carbonyl (C=O) groups excluding carboxylic acids is 2. The molecule has 1 aromatic carbocycles. The molecule has 8 nitrogen and oxygen atoms in total. The molecule has 0 saturated carbocycles. The number of hydrogen-bond donors (Lipinski definition) is 2. The van der Waals surface area contributed by atoms with Crippen molar-refractivity contribution in [2.45, 2.75) is 58.7 Å². The summed E-state index contributed by atoms with van der Waals surface area (Å²) in [6.07, 6.45) is 2.60. The summed E-state index contributed by atoms with van der Waals surface area (Å²) in [5.74, 6) is -2.11. The van der Waals surface area contributed by atoms with E-state index in [1.807, 2.05) is 30.3 Å². The van der Waals surface area contributed by atoms with Crippen molar-refractivity contribution in [3.63, 3.8) is 0 Å². The van der Waals surface area contributed by atoms with Gasteiger partial charge in [0.25, 0.3) is 5.91 Å². The highest BCUT2D eigenvalue weighted by Gasteiger charge is 2.28. The maximum atomic E-state index is 12.9. The molecule has 0 spiro atoms. The highest BCUT2D eigenvalue weighted by atomic mass is 16.4. The van der Waals surface area contributed by atoms with Crippen molar-refractivity contribution in [1.29, 1.82) is 0 Å². The summed E-state index contributed by atoms with van der Waals surface area (Å²) in [7, 11) is 0. The molecule has 1 heterocycles. The molecule has 0 aliphatic carbocycles. The Kier molecular flexibility index (Phi) is 7.67. The minimum Gasteiger partial charge on any atom is -0.477 e. The predicted octanol–water partition coefficient (Wildman–Crippen LogP) is 1.97. The Morgan fingerprint density at radius 2 is 1.79 bits per heavy atom. The summed E-state index contributed by atoms with van der Waals surface area (Å²) >= 11 is 0. The number of nitrogens with one attached hydrogen (secondary N) is 1. The fourth-order valence-electron chi connectivity index (χ4n) is 3.19. The number of rotatable bonds is 10. The molecule has 2 aromatic rings. The van der Waals surface area contributed by atoms with Crippen molar-refractivity contribution in [3.8, 4) is 0 Å². The second-order valence-corrected chi connectivity index (χ2v) is 6.85. The van der Waals surface area contributed by atoms with E-state index in [-0.39, 0.29) is 12.3 Å². The van der Waals surface area contributed by atoms with Gasteiger partial charge in [0, 0.05) is 19.2 Å². The molecule has 1 aromatic heterocycles. The van der Waals surface area contributed by atoms with E-state index < -0.39 is 35.3 Å². The van der Waals surface area contributed by atoms with Gasteiger partial charge < -0.3 is 5.11 Å². The number of benzene rings is 1. The van der Waals surface area contributed by atoms with E-state index in [9.17, 15) is 24.3 Å². The van der Waals surface area contributed by atoms with Crippen molar-refractivity contribution < 1.29 is 19.5 Å². The average molecular weight is 401 g/mol. The molecule has 156 valence electrons. The van der Waals surface area contributed by atoms with E-state index in [2.05, 4.69) is 5.32 Å². The van der Waals surface area contributed by atoms with E-state index in [4.69, 9.17) is 0 Å². The molecular formula is C21H27N3O5. The van der Waals surface area contributed by atoms with Crippen LogP contribution in [0.15, 0.2) is 41.3 Å². The van der Waals surface area contributed by atoms with Gasteiger partial charge in [-0.25, -0.2) is 14.2 Å². The Morgan fingerprint density at radius 3 is 2.34 bits per heavy atom. The number of carboxylic acids is 1. The number of carbonyl (C=O) groups is 3. The standard InChI is InChI=1S/C21H27N3O5/c1-4-18(25)16(12-11-15-9-7-6-8-10-15)22-14(3)19(26)24-17(20(27)28)13-23(5-2)21(24)29/h6-10,13-14,16,22H,4-5,11-12H2,1-3H3,(H,27,28). The second-order valence-electron chi connectivity index (χ2n) is 6.85. The molecule has 2 rings (SSSR count). The summed E-state index contributed by atoms with van der Waals surface area (Å²) < 4.78 is 1.83. The van der Waals surface area contributed by atoms with Crippen LogP contribution < -0.4 is 11.0 Å². The van der Waals surface area contributed by atoms with E-state index in [0.29, 0.717) is 23.8 Å². The first-order valence-electron chi connectivity index (χ1n) is 9.72. The van der Waals surface area contributed by atoms with Crippen molar-refractivity contribution in [2.75, 3.05) is 0 Å². The lowest BCUT2D eigenvalue weighted by atomic mass is 10.00. The summed E-state index contributed by atoms with van der Waals surface area (Å²) in [6.45, 7) is 5.21. The molecule has 0 saturated heterocycles. The van der Waals surface area contributed by atoms with Crippen LogP contribution in [-0.2, 0) is 17.8 Å². The number of aromatic nitrogens is 2. The summed E-state index contributed by atoms with van der Waals surface area (Å²) in [4.78, 5) is 49.1. The van der Waals surface area contributed by atoms with Crippen LogP contribution in [0.5, 0.6) is 0 Å². The van der Waals surface area contributed by atoms with Gasteiger partial charge in [0.1, 0.15) is 5.78 Å². The number of aromatic carboxylic acids is 1. The molecule has 29 heavy (non-hydrogen) atoms. The van der Waals surface area contributed by atoms with Crippen LogP contribution in [0.1, 0.15) is 54.5 Å². The quantitative estimate of drug-likeness (QED) is 0.630. The van der Waals surface area contributed by atoms with Gasteiger partial charge in [-0.1, -0.05) is 37.3 Å². The van der Waals surface area contributed by atoms with Gasteiger partial charge in [0.2, 0.25) is 0 Å². The van der Waals surface area contributed by atoms with Crippen LogP contribution in [0.3, 0.4) is 0 Å². The maximum absolute atomic E-state index is 12.9. The van der Waals surface area contributed by atoms with Gasteiger partial charge >= 0.3 is 11.7 Å². The zero-order valence-electron chi connectivity index (χ0n) is 16.9. The van der Waals surface area contributed by atoms with E-state index >= 15 is 0 Å². The fraction of sp³-hybridized carbons (Fsp3) is 0.429. The molecular weight excluding hydrogens is 374 g/mol. The first-order valence-corrected chi connectivity index (χ1v) is 9.72. The molecule has 0 fully saturated rings. The van der Waals surface area contributed by atoms with Crippen molar-refractivity contribution in [2.24, 2.45) is 0 Å². The molecule has 2 unspecified atom stereocenters. The van der Waals surface area contributed by atoms with Gasteiger partial charge in [-0.3, -0.25) is 19.5 Å². The molecule has 8 heteroatoms. The van der Waals surface area contributed by atoms with Crippen LogP contribution in [0.4, 0.5) is 0 Å². The lowest BCUT2D eigenvalue weighted by molar-refractivity contribution is -0.121. The molecule has 0 amide bonds. The van der Waals surface area contributed by atoms with E-state index in [1.54, 1.807) is 13.8 Å². The number of aryl methyl sites for hydroxylation is 2. The third-order valence-electron chi connectivity index (χ3n) is 4.86. The van der Waals surface area contributed by atoms with Gasteiger partial charge in [0.15, 0.2) is 5.69 Å². The lowest BCUT2D eigenvalue weighted by Crippen LogP contribution is -2.49. The van der Waals surface area contributed by atoms with Gasteiger partial charge in [0.05, 0.1) is 12.1 Å². The Morgan fingerprint density at radius 1 is 1.14 bits per heavy atom. The third-order valence-corrected chi connectivity index (χ3v) is 4.86. The molecule has 0 aliphatic rings. The Hall–Kier alpha value is -3.00. The van der Waals surface area contributed by atoms with Gasteiger partial charge in [-0.05, 0) is 32.3 Å². The highest BCUT2D eigenvalue weighted by molar-refractivity contribution is 5.94. The van der Waals surface area contributed by atoms with Gasteiger partial charge in [-0.15, -0.1) is 0 Å². The monoisotopic (exact) mass is 401 g/mol. The summed E-state index contributed by atoms with van der Waals surface area (Å²) in [5.41, 5.74) is -0.0176. The first-order chi connectivity index (χ1) is 13.8. The minimum atomic E-state index is -1.36. The highest BCUT2D eigenvalue weighted by Crippen LogP contribution is 2.09. The lowest BCUT2D eigenvalue weighted by Gasteiger charge is -2.21. The Balaban J connectivity index is 2.20. The fourth-order valence-corrected chi connectivity index (χ4v) is 3.19. The number of hydrogen-bond acceptors (Lipinski definition) is 5. The van der Waals surface area contributed by atoms with Crippen molar-refractivity contribution in [3.05, 3.63) is 58.3 Å². The number of nitrogens with zero attached hydrogens (tertiary/aromatic N) is 2. The largest absolute Gasteiger partial charge is 0.477 e. The molecule has 0 bridgehead atoms. The predicted molar refractivity (Wildman–Crippen MR) is 108 cm³/mol. The topological polar surface area (TPSA) is 110 Å². The molecule has 0 radical (unpaired) electrons. The first kappa shape index (κ1) is 22.3.